The van der Waals surface area contributed by atoms with Crippen molar-refractivity contribution in [1.29, 1.82) is 0 Å². The van der Waals surface area contributed by atoms with Crippen molar-refractivity contribution in [1.82, 2.24) is 5.32 Å². The van der Waals surface area contributed by atoms with Crippen LogP contribution in [0.3, 0.4) is 0 Å². The van der Waals surface area contributed by atoms with Crippen molar-refractivity contribution in [3.05, 3.63) is 35.4 Å². The molecule has 0 spiro atoms. The van der Waals surface area contributed by atoms with E-state index in [4.69, 9.17) is 0 Å². The van der Waals surface area contributed by atoms with Gasteiger partial charge in [-0.3, -0.25) is 0 Å². The minimum atomic E-state index is -0.779. The largest absolute Gasteiger partial charge is 0.310 e. The molecule has 18 heavy (non-hydrogen) atoms. The number of rotatable bonds is 3. The molecule has 0 aliphatic heterocycles. The lowest BCUT2D eigenvalue weighted by Crippen LogP contribution is -2.39. The van der Waals surface area contributed by atoms with Crippen LogP contribution in [-0.2, 0) is 6.54 Å². The molecule has 1 aromatic rings. The van der Waals surface area contributed by atoms with E-state index >= 15 is 0 Å². The summed E-state index contributed by atoms with van der Waals surface area (Å²) < 4.78 is 25.9. The number of hydrogen-bond donors (Lipinski definition) is 1. The van der Waals surface area contributed by atoms with Gasteiger partial charge in [-0.25, -0.2) is 8.78 Å². The highest BCUT2D eigenvalue weighted by Crippen LogP contribution is 2.28. The van der Waals surface area contributed by atoms with Gasteiger partial charge in [0.05, 0.1) is 0 Å². The van der Waals surface area contributed by atoms with Crippen LogP contribution in [0.1, 0.15) is 38.7 Å². The molecule has 0 heterocycles. The summed E-state index contributed by atoms with van der Waals surface area (Å²) in [5.74, 6) is -0.132. The first kappa shape index (κ1) is 13.5. The molecule has 1 N–H and O–H groups in total. The quantitative estimate of drug-likeness (QED) is 0.862. The monoisotopic (exact) mass is 253 g/mol. The summed E-state index contributed by atoms with van der Waals surface area (Å²) in [6.45, 7) is 5.14. The Hall–Kier alpha value is -0.960. The van der Waals surface area contributed by atoms with Crippen LogP contribution in [0.4, 0.5) is 8.78 Å². The van der Waals surface area contributed by atoms with Gasteiger partial charge < -0.3 is 5.32 Å². The van der Waals surface area contributed by atoms with Gasteiger partial charge in [0, 0.05) is 12.6 Å². The van der Waals surface area contributed by atoms with Gasteiger partial charge in [-0.1, -0.05) is 26.3 Å². The number of benzene rings is 1. The van der Waals surface area contributed by atoms with E-state index in [2.05, 4.69) is 19.2 Å². The third kappa shape index (κ3) is 3.29. The Kier molecular flexibility index (Phi) is 4.33. The maximum absolute atomic E-state index is 13.1. The van der Waals surface area contributed by atoms with E-state index < -0.39 is 11.6 Å². The SMILES string of the molecule is CC1CCC(C)C(NCc2ccc(F)c(F)c2)C1. The van der Waals surface area contributed by atoms with Gasteiger partial charge in [0.25, 0.3) is 0 Å². The highest BCUT2D eigenvalue weighted by Gasteiger charge is 2.24. The smallest absolute Gasteiger partial charge is 0.159 e. The van der Waals surface area contributed by atoms with Crippen LogP contribution in [0.15, 0.2) is 18.2 Å². The van der Waals surface area contributed by atoms with Gasteiger partial charge in [-0.15, -0.1) is 0 Å². The van der Waals surface area contributed by atoms with E-state index in [1.165, 1.54) is 31.4 Å². The van der Waals surface area contributed by atoms with E-state index in [0.717, 1.165) is 11.5 Å². The van der Waals surface area contributed by atoms with Crippen molar-refractivity contribution in [3.8, 4) is 0 Å². The third-order valence-electron chi connectivity index (χ3n) is 4.01. The molecule has 0 saturated heterocycles. The minimum absolute atomic E-state index is 0.488. The molecule has 0 aromatic heterocycles. The highest BCUT2D eigenvalue weighted by atomic mass is 19.2. The summed E-state index contributed by atoms with van der Waals surface area (Å²) in [6.07, 6.45) is 3.71. The zero-order chi connectivity index (χ0) is 13.1. The molecule has 1 fully saturated rings. The Labute approximate surface area is 108 Å². The van der Waals surface area contributed by atoms with E-state index in [1.54, 1.807) is 6.07 Å². The molecular weight excluding hydrogens is 232 g/mol. The van der Waals surface area contributed by atoms with Crippen molar-refractivity contribution in [2.24, 2.45) is 11.8 Å². The summed E-state index contributed by atoms with van der Waals surface area (Å²) in [7, 11) is 0. The fraction of sp³-hybridized carbons (Fsp3) is 0.600. The molecule has 0 amide bonds. The first-order valence-electron chi connectivity index (χ1n) is 6.73. The van der Waals surface area contributed by atoms with Gasteiger partial charge in [0.15, 0.2) is 11.6 Å². The molecule has 0 bridgehead atoms. The second-order valence-electron chi connectivity index (χ2n) is 5.63. The van der Waals surface area contributed by atoms with Crippen molar-refractivity contribution in [2.75, 3.05) is 0 Å². The number of hydrogen-bond acceptors (Lipinski definition) is 1. The molecule has 1 aromatic carbocycles. The van der Waals surface area contributed by atoms with Gasteiger partial charge in [0.2, 0.25) is 0 Å². The second-order valence-corrected chi connectivity index (χ2v) is 5.63. The Bertz CT molecular complexity index is 405. The summed E-state index contributed by atoms with van der Waals surface area (Å²) in [5.41, 5.74) is 0.805. The summed E-state index contributed by atoms with van der Waals surface area (Å²) in [5, 5.41) is 3.48. The van der Waals surface area contributed by atoms with Gasteiger partial charge >= 0.3 is 0 Å². The third-order valence-corrected chi connectivity index (χ3v) is 4.01. The fourth-order valence-electron chi connectivity index (χ4n) is 2.72. The average Bonchev–Trinajstić information content (AvgIpc) is 2.34. The lowest BCUT2D eigenvalue weighted by Gasteiger charge is -2.33. The van der Waals surface area contributed by atoms with Crippen molar-refractivity contribution >= 4 is 0 Å². The lowest BCUT2D eigenvalue weighted by molar-refractivity contribution is 0.227. The normalized spacial score (nSPS) is 28.3. The Morgan fingerprint density at radius 1 is 1.17 bits per heavy atom. The molecule has 1 nitrogen and oxygen atoms in total. The Morgan fingerprint density at radius 2 is 1.94 bits per heavy atom. The zero-order valence-electron chi connectivity index (χ0n) is 11.0. The molecule has 1 saturated carbocycles. The molecule has 3 unspecified atom stereocenters. The second kappa shape index (κ2) is 5.79. The molecule has 3 atom stereocenters. The molecule has 3 heteroatoms. The standard InChI is InChI=1S/C15H21F2N/c1-10-3-4-11(2)15(7-10)18-9-12-5-6-13(16)14(17)8-12/h5-6,8,10-11,15,18H,3-4,7,9H2,1-2H3. The maximum Gasteiger partial charge on any atom is 0.159 e. The van der Waals surface area contributed by atoms with Crippen molar-refractivity contribution in [3.63, 3.8) is 0 Å². The number of nitrogens with one attached hydrogen (secondary N) is 1. The summed E-state index contributed by atoms with van der Waals surface area (Å²) >= 11 is 0. The van der Waals surface area contributed by atoms with Crippen LogP contribution in [-0.4, -0.2) is 6.04 Å². The van der Waals surface area contributed by atoms with Gasteiger partial charge in [-0.05, 0) is 42.4 Å². The molecule has 2 rings (SSSR count). The van der Waals surface area contributed by atoms with Crippen LogP contribution >= 0.6 is 0 Å². The maximum atomic E-state index is 13.1. The van der Waals surface area contributed by atoms with E-state index in [0.29, 0.717) is 18.5 Å². The predicted octanol–water partition coefficient (Wildman–Crippen LogP) is 3.88. The van der Waals surface area contributed by atoms with Gasteiger partial charge in [0.1, 0.15) is 0 Å². The summed E-state index contributed by atoms with van der Waals surface area (Å²) in [6, 6.07) is 4.60. The minimum Gasteiger partial charge on any atom is -0.310 e. The average molecular weight is 253 g/mol. The van der Waals surface area contributed by atoms with Gasteiger partial charge in [-0.2, -0.15) is 0 Å². The molecule has 0 radical (unpaired) electrons. The molecule has 1 aliphatic rings. The van der Waals surface area contributed by atoms with Crippen LogP contribution in [0.25, 0.3) is 0 Å². The molecule has 100 valence electrons. The van der Waals surface area contributed by atoms with E-state index in [1.807, 2.05) is 0 Å². The first-order chi connectivity index (χ1) is 8.56. The van der Waals surface area contributed by atoms with Crippen LogP contribution in [0.5, 0.6) is 0 Å². The first-order valence-corrected chi connectivity index (χ1v) is 6.73. The van der Waals surface area contributed by atoms with E-state index in [-0.39, 0.29) is 0 Å². The summed E-state index contributed by atoms with van der Waals surface area (Å²) in [4.78, 5) is 0. The fourth-order valence-corrected chi connectivity index (χ4v) is 2.72. The van der Waals surface area contributed by atoms with Crippen molar-refractivity contribution < 1.29 is 8.78 Å². The van der Waals surface area contributed by atoms with Crippen molar-refractivity contribution in [2.45, 2.75) is 45.7 Å². The predicted molar refractivity (Wildman–Crippen MR) is 69.2 cm³/mol. The highest BCUT2D eigenvalue weighted by molar-refractivity contribution is 5.17. The molecule has 1 aliphatic carbocycles. The lowest BCUT2D eigenvalue weighted by atomic mass is 9.80. The molecular formula is C15H21F2N. The zero-order valence-corrected chi connectivity index (χ0v) is 11.0. The topological polar surface area (TPSA) is 12.0 Å². The van der Waals surface area contributed by atoms with Crippen LogP contribution in [0, 0.1) is 23.5 Å². The number of halogens is 2. The van der Waals surface area contributed by atoms with E-state index in [9.17, 15) is 8.78 Å². The van der Waals surface area contributed by atoms with Crippen LogP contribution < -0.4 is 5.32 Å². The Balaban J connectivity index is 1.92. The van der Waals surface area contributed by atoms with Crippen LogP contribution in [0.2, 0.25) is 0 Å². The Morgan fingerprint density at radius 3 is 2.67 bits per heavy atom.